The Kier molecular flexibility index (Phi) is 6.03. The van der Waals surface area contributed by atoms with Crippen molar-refractivity contribution in [3.63, 3.8) is 0 Å². The summed E-state index contributed by atoms with van der Waals surface area (Å²) in [5.41, 5.74) is 7.24. The van der Waals surface area contributed by atoms with Crippen molar-refractivity contribution in [1.29, 1.82) is 0 Å². The molecular weight excluding hydrogens is 262 g/mol. The Hall–Kier alpha value is -1.10. The predicted octanol–water partition coefficient (Wildman–Crippen LogP) is 1.97. The minimum atomic E-state index is 0.223. The number of likely N-dealkylation sites (N-methyl/N-ethyl adjacent to an activating group) is 1. The summed E-state index contributed by atoms with van der Waals surface area (Å²) in [5, 5.41) is 0. The molecule has 0 radical (unpaired) electrons. The summed E-state index contributed by atoms with van der Waals surface area (Å²) < 4.78 is 5.49. The smallest absolute Gasteiger partial charge is 0.123 e. The maximum atomic E-state index is 6.05. The molecule has 0 amide bonds. The molecule has 0 aromatic heterocycles. The number of ether oxygens (including phenoxy) is 1. The van der Waals surface area contributed by atoms with Crippen LogP contribution >= 0.6 is 0 Å². The van der Waals surface area contributed by atoms with Gasteiger partial charge in [-0.05, 0) is 52.0 Å². The minimum Gasteiger partial charge on any atom is -0.496 e. The van der Waals surface area contributed by atoms with Gasteiger partial charge >= 0.3 is 0 Å². The van der Waals surface area contributed by atoms with E-state index < -0.39 is 0 Å². The van der Waals surface area contributed by atoms with E-state index in [1.165, 1.54) is 31.5 Å². The maximum Gasteiger partial charge on any atom is 0.123 e. The molecule has 2 N–H and O–H groups in total. The van der Waals surface area contributed by atoms with Crippen molar-refractivity contribution in [2.75, 3.05) is 47.4 Å². The average molecular weight is 291 g/mol. The third-order valence-corrected chi connectivity index (χ3v) is 4.64. The van der Waals surface area contributed by atoms with Gasteiger partial charge in [-0.2, -0.15) is 0 Å². The molecule has 21 heavy (non-hydrogen) atoms. The molecule has 118 valence electrons. The van der Waals surface area contributed by atoms with Crippen LogP contribution in [-0.4, -0.2) is 57.2 Å². The van der Waals surface area contributed by atoms with Gasteiger partial charge < -0.3 is 15.4 Å². The molecule has 0 aliphatic carbocycles. The second-order valence-corrected chi connectivity index (χ2v) is 6.18. The van der Waals surface area contributed by atoms with Gasteiger partial charge in [-0.25, -0.2) is 0 Å². The van der Waals surface area contributed by atoms with Crippen LogP contribution in [0.2, 0.25) is 0 Å². The summed E-state index contributed by atoms with van der Waals surface area (Å²) in [7, 11) is 6.11. The molecule has 4 nitrogen and oxygen atoms in total. The predicted molar refractivity (Wildman–Crippen MR) is 87.6 cm³/mol. The van der Waals surface area contributed by atoms with Crippen molar-refractivity contribution in [3.8, 4) is 5.75 Å². The van der Waals surface area contributed by atoms with Crippen LogP contribution in [-0.2, 0) is 0 Å². The molecule has 1 aromatic rings. The monoisotopic (exact) mass is 291 g/mol. The summed E-state index contributed by atoms with van der Waals surface area (Å²) in [4.78, 5) is 4.81. The number of methoxy groups -OCH3 is 1. The zero-order valence-corrected chi connectivity index (χ0v) is 13.6. The summed E-state index contributed by atoms with van der Waals surface area (Å²) in [5.74, 6) is 1.71. The highest BCUT2D eigenvalue weighted by molar-refractivity contribution is 5.36. The first kappa shape index (κ1) is 16.3. The summed E-state index contributed by atoms with van der Waals surface area (Å²) >= 11 is 0. The fourth-order valence-corrected chi connectivity index (χ4v) is 3.27. The Morgan fingerprint density at radius 2 is 2.00 bits per heavy atom. The van der Waals surface area contributed by atoms with Gasteiger partial charge in [0.1, 0.15) is 5.75 Å². The van der Waals surface area contributed by atoms with Crippen LogP contribution in [0.3, 0.4) is 0 Å². The lowest BCUT2D eigenvalue weighted by Gasteiger charge is -2.35. The quantitative estimate of drug-likeness (QED) is 0.870. The number of likely N-dealkylation sites (tertiary alicyclic amines) is 1. The molecule has 1 aliphatic rings. The van der Waals surface area contributed by atoms with Crippen LogP contribution in [0.1, 0.15) is 24.4 Å². The zero-order valence-electron chi connectivity index (χ0n) is 13.6. The van der Waals surface area contributed by atoms with Crippen LogP contribution < -0.4 is 10.5 Å². The lowest BCUT2D eigenvalue weighted by atomic mass is 9.95. The number of nitrogens with zero attached hydrogens (tertiary/aromatic N) is 2. The molecule has 2 rings (SSSR count). The summed E-state index contributed by atoms with van der Waals surface area (Å²) in [6, 6.07) is 8.43. The van der Waals surface area contributed by atoms with Gasteiger partial charge in [0.25, 0.3) is 0 Å². The molecular formula is C17H29N3O. The third-order valence-electron chi connectivity index (χ3n) is 4.64. The topological polar surface area (TPSA) is 41.7 Å². The van der Waals surface area contributed by atoms with Crippen molar-refractivity contribution in [2.24, 2.45) is 11.7 Å². The average Bonchev–Trinajstić information content (AvgIpc) is 2.51. The SMILES string of the molecule is COc1ccccc1C(CN)N(C)CC1CCN(C)CC1. The molecule has 1 saturated heterocycles. The molecule has 4 heteroatoms. The van der Waals surface area contributed by atoms with Crippen molar-refractivity contribution in [3.05, 3.63) is 29.8 Å². The van der Waals surface area contributed by atoms with Crippen LogP contribution in [0.25, 0.3) is 0 Å². The van der Waals surface area contributed by atoms with E-state index in [-0.39, 0.29) is 6.04 Å². The van der Waals surface area contributed by atoms with E-state index in [2.05, 4.69) is 36.0 Å². The number of piperidine rings is 1. The first-order valence-corrected chi connectivity index (χ1v) is 7.87. The second-order valence-electron chi connectivity index (χ2n) is 6.18. The number of hydrogen-bond donors (Lipinski definition) is 1. The van der Waals surface area contributed by atoms with Gasteiger partial charge in [-0.3, -0.25) is 4.90 Å². The fourth-order valence-electron chi connectivity index (χ4n) is 3.27. The number of para-hydroxylation sites is 1. The van der Waals surface area contributed by atoms with Crippen LogP contribution in [0.15, 0.2) is 24.3 Å². The van der Waals surface area contributed by atoms with Crippen LogP contribution in [0.5, 0.6) is 5.75 Å². The molecule has 1 fully saturated rings. The van der Waals surface area contributed by atoms with Crippen molar-refractivity contribution >= 4 is 0 Å². The highest BCUT2D eigenvalue weighted by Crippen LogP contribution is 2.29. The van der Waals surface area contributed by atoms with E-state index in [0.29, 0.717) is 6.54 Å². The number of hydrogen-bond acceptors (Lipinski definition) is 4. The summed E-state index contributed by atoms with van der Waals surface area (Å²) in [6.45, 7) is 4.14. The molecule has 1 atom stereocenters. The summed E-state index contributed by atoms with van der Waals surface area (Å²) in [6.07, 6.45) is 2.56. The molecule has 1 aromatic carbocycles. The Morgan fingerprint density at radius 1 is 1.33 bits per heavy atom. The standard InChI is InChI=1S/C17H29N3O/c1-19-10-8-14(9-11-19)13-20(2)16(12-18)15-6-4-5-7-17(15)21-3/h4-7,14,16H,8-13,18H2,1-3H3. The molecule has 0 spiro atoms. The van der Waals surface area contributed by atoms with E-state index in [0.717, 1.165) is 18.2 Å². The molecule has 1 aliphatic heterocycles. The van der Waals surface area contributed by atoms with Gasteiger partial charge in [0, 0.05) is 18.7 Å². The molecule has 0 saturated carbocycles. The van der Waals surface area contributed by atoms with Crippen molar-refractivity contribution < 1.29 is 4.74 Å². The van der Waals surface area contributed by atoms with Gasteiger partial charge in [0.15, 0.2) is 0 Å². The third kappa shape index (κ3) is 4.19. The van der Waals surface area contributed by atoms with E-state index in [1.54, 1.807) is 7.11 Å². The highest BCUT2D eigenvalue weighted by Gasteiger charge is 2.23. The van der Waals surface area contributed by atoms with E-state index in [4.69, 9.17) is 10.5 Å². The van der Waals surface area contributed by atoms with Gasteiger partial charge in [-0.1, -0.05) is 18.2 Å². The van der Waals surface area contributed by atoms with E-state index in [9.17, 15) is 0 Å². The second kappa shape index (κ2) is 7.78. The minimum absolute atomic E-state index is 0.223. The molecule has 1 unspecified atom stereocenters. The number of benzene rings is 1. The van der Waals surface area contributed by atoms with Gasteiger partial charge in [0.2, 0.25) is 0 Å². The first-order valence-electron chi connectivity index (χ1n) is 7.87. The van der Waals surface area contributed by atoms with E-state index >= 15 is 0 Å². The van der Waals surface area contributed by atoms with Gasteiger partial charge in [-0.15, -0.1) is 0 Å². The largest absolute Gasteiger partial charge is 0.496 e. The Labute approximate surface area is 128 Å². The van der Waals surface area contributed by atoms with Crippen molar-refractivity contribution in [1.82, 2.24) is 9.80 Å². The fraction of sp³-hybridized carbons (Fsp3) is 0.647. The van der Waals surface area contributed by atoms with Crippen LogP contribution in [0.4, 0.5) is 0 Å². The Morgan fingerprint density at radius 3 is 2.62 bits per heavy atom. The molecule has 0 bridgehead atoms. The molecule has 1 heterocycles. The zero-order chi connectivity index (χ0) is 15.2. The Balaban J connectivity index is 2.02. The Bertz CT molecular complexity index is 430. The number of rotatable bonds is 6. The van der Waals surface area contributed by atoms with Crippen LogP contribution in [0, 0.1) is 5.92 Å². The normalized spacial score (nSPS) is 18.9. The van der Waals surface area contributed by atoms with Crippen molar-refractivity contribution in [2.45, 2.75) is 18.9 Å². The number of nitrogens with two attached hydrogens (primary N) is 1. The highest BCUT2D eigenvalue weighted by atomic mass is 16.5. The lowest BCUT2D eigenvalue weighted by Crippen LogP contribution is -2.38. The lowest BCUT2D eigenvalue weighted by molar-refractivity contribution is 0.150. The first-order chi connectivity index (χ1) is 10.2. The van der Waals surface area contributed by atoms with E-state index in [1.807, 2.05) is 12.1 Å². The maximum absolute atomic E-state index is 6.05. The van der Waals surface area contributed by atoms with Gasteiger partial charge in [0.05, 0.1) is 13.2 Å².